The lowest BCUT2D eigenvalue weighted by Gasteiger charge is -2.08. The van der Waals surface area contributed by atoms with Gasteiger partial charge in [-0.25, -0.2) is 35.1 Å². The Balaban J connectivity index is 2.55. The summed E-state index contributed by atoms with van der Waals surface area (Å²) in [5.74, 6) is -15.5. The molecule has 0 N–H and O–H groups in total. The zero-order valence-corrected chi connectivity index (χ0v) is 15.6. The number of halogens is 8. The molecule has 0 bridgehead atoms. The van der Waals surface area contributed by atoms with E-state index in [4.69, 9.17) is 0 Å². The summed E-state index contributed by atoms with van der Waals surface area (Å²) >= 11 is 0. The smallest absolute Gasteiger partial charge is 0.198 e. The molecule has 0 saturated heterocycles. The van der Waals surface area contributed by atoms with Crippen LogP contribution >= 0.6 is 0 Å². The molecule has 0 aliphatic heterocycles. The van der Waals surface area contributed by atoms with Gasteiger partial charge in [0.15, 0.2) is 46.5 Å². The third-order valence-electron chi connectivity index (χ3n) is 5.47. The van der Waals surface area contributed by atoms with Gasteiger partial charge in [0.25, 0.3) is 0 Å². The van der Waals surface area contributed by atoms with Gasteiger partial charge in [0.1, 0.15) is 0 Å². The maximum absolute atomic E-state index is 15.0. The van der Waals surface area contributed by atoms with Gasteiger partial charge in [0, 0.05) is 20.9 Å². The summed E-state index contributed by atoms with van der Waals surface area (Å²) in [6.07, 6.45) is 0. The Morgan fingerprint density at radius 1 is 0.281 bits per heavy atom. The summed E-state index contributed by atoms with van der Waals surface area (Å²) in [6, 6.07) is 9.75. The quantitative estimate of drug-likeness (QED) is 0.149. The minimum Gasteiger partial charge on any atom is -0.203 e. The highest BCUT2D eigenvalue weighted by Gasteiger charge is 2.23. The molecule has 1 aliphatic rings. The van der Waals surface area contributed by atoms with E-state index in [2.05, 4.69) is 0 Å². The third-order valence-corrected chi connectivity index (χ3v) is 5.47. The van der Waals surface area contributed by atoms with Crippen molar-refractivity contribution >= 4 is 0 Å². The SMILES string of the molecule is Fc1c(F)c(F)c2/c(c1F)=c1/cccc/c1=c1\c(F)c(F)c(F)c(F)\c1=c1/cccc/c1=2. The Labute approximate surface area is 172 Å². The van der Waals surface area contributed by atoms with Crippen molar-refractivity contribution in [2.24, 2.45) is 0 Å². The molecule has 5 rings (SSSR count). The minimum atomic E-state index is -2.11. The molecule has 32 heavy (non-hydrogen) atoms. The van der Waals surface area contributed by atoms with Crippen LogP contribution in [0.5, 0.6) is 0 Å². The van der Waals surface area contributed by atoms with Crippen LogP contribution in [-0.4, -0.2) is 0 Å². The standard InChI is InChI=1S/C24H8F8/c25-17-13-9-5-1-2-6-10(9)14-16(20(28)24(32)22(30)18(14)26)12-8-4-3-7-11(12)15(13)19(27)23(31)21(17)29/h1-8H/b13-9+,14-10+,15-11+,16-12+. The molecular formula is C24H8F8. The van der Waals surface area contributed by atoms with E-state index in [0.29, 0.717) is 0 Å². The molecule has 0 aromatic heterocycles. The number of hydrogen-bond donors (Lipinski definition) is 0. The van der Waals surface area contributed by atoms with Crippen molar-refractivity contribution in [2.45, 2.75) is 0 Å². The molecule has 1 aliphatic carbocycles. The van der Waals surface area contributed by atoms with Gasteiger partial charge in [-0.05, 0) is 20.9 Å². The Morgan fingerprint density at radius 2 is 0.469 bits per heavy atom. The summed E-state index contributed by atoms with van der Waals surface area (Å²) < 4.78 is 117. The van der Waals surface area contributed by atoms with Crippen LogP contribution in [0.3, 0.4) is 0 Å². The first kappa shape index (κ1) is 20.2. The van der Waals surface area contributed by atoms with E-state index in [-0.39, 0.29) is 20.9 Å². The fraction of sp³-hybridized carbons (Fsp3) is 0. The zero-order valence-electron chi connectivity index (χ0n) is 15.6. The molecule has 0 amide bonds. The highest BCUT2D eigenvalue weighted by atomic mass is 19.2. The van der Waals surface area contributed by atoms with Crippen LogP contribution in [0.2, 0.25) is 0 Å². The van der Waals surface area contributed by atoms with Crippen molar-refractivity contribution in [1.82, 2.24) is 0 Å². The third kappa shape index (κ3) is 2.49. The fourth-order valence-corrected chi connectivity index (χ4v) is 4.11. The van der Waals surface area contributed by atoms with E-state index in [1.54, 1.807) is 0 Å². The van der Waals surface area contributed by atoms with E-state index < -0.39 is 67.4 Å². The van der Waals surface area contributed by atoms with Crippen LogP contribution in [0, 0.1) is 88.3 Å². The number of fused-ring (bicyclic) bond motifs is 4. The van der Waals surface area contributed by atoms with E-state index in [0.717, 1.165) is 24.3 Å². The maximum Gasteiger partial charge on any atom is 0.198 e. The van der Waals surface area contributed by atoms with E-state index >= 15 is 17.6 Å². The maximum atomic E-state index is 15.0. The van der Waals surface area contributed by atoms with Gasteiger partial charge in [-0.2, -0.15) is 0 Å². The molecule has 0 fully saturated rings. The Hall–Kier alpha value is -3.68. The summed E-state index contributed by atoms with van der Waals surface area (Å²) in [5, 5.41) is -4.51. The Morgan fingerprint density at radius 3 is 0.656 bits per heavy atom. The van der Waals surface area contributed by atoms with Crippen LogP contribution in [0.15, 0.2) is 48.5 Å². The molecule has 0 spiro atoms. The molecule has 4 aromatic rings. The lowest BCUT2D eigenvalue weighted by molar-refractivity contribution is 0.401. The normalized spacial score (nSPS) is 16.2. The largest absolute Gasteiger partial charge is 0.203 e. The fourth-order valence-electron chi connectivity index (χ4n) is 4.11. The molecular weight excluding hydrogens is 440 g/mol. The van der Waals surface area contributed by atoms with E-state index in [1.165, 1.54) is 24.3 Å². The lowest BCUT2D eigenvalue weighted by Crippen LogP contribution is -2.05. The second kappa shape index (κ2) is 6.91. The highest BCUT2D eigenvalue weighted by molar-refractivity contribution is 5.33. The topological polar surface area (TPSA) is 0 Å². The Bertz CT molecular complexity index is 1590. The predicted molar refractivity (Wildman–Crippen MR) is 96.1 cm³/mol. The first-order valence-corrected chi connectivity index (χ1v) is 9.17. The first-order valence-electron chi connectivity index (χ1n) is 9.17. The monoisotopic (exact) mass is 448 g/mol. The molecule has 0 atom stereocenters. The minimum absolute atomic E-state index is 0.363. The molecule has 4 aromatic carbocycles. The van der Waals surface area contributed by atoms with Crippen LogP contribution in [0.1, 0.15) is 0 Å². The van der Waals surface area contributed by atoms with Crippen LogP contribution in [0.4, 0.5) is 35.1 Å². The van der Waals surface area contributed by atoms with Crippen molar-refractivity contribution in [3.63, 3.8) is 0 Å². The second-order valence-electron chi connectivity index (χ2n) is 7.10. The van der Waals surface area contributed by atoms with Crippen molar-refractivity contribution < 1.29 is 35.1 Å². The van der Waals surface area contributed by atoms with Crippen LogP contribution < -0.4 is 0 Å². The Kier molecular flexibility index (Phi) is 4.37. The van der Waals surface area contributed by atoms with Crippen molar-refractivity contribution in [2.75, 3.05) is 0 Å². The summed E-state index contributed by atoms with van der Waals surface area (Å²) in [4.78, 5) is 0. The van der Waals surface area contributed by atoms with Gasteiger partial charge < -0.3 is 0 Å². The zero-order chi connectivity index (χ0) is 22.9. The molecule has 0 saturated carbocycles. The molecule has 160 valence electrons. The molecule has 0 radical (unpaired) electrons. The van der Waals surface area contributed by atoms with Gasteiger partial charge in [-0.3, -0.25) is 0 Å². The highest BCUT2D eigenvalue weighted by Crippen LogP contribution is 2.24. The van der Waals surface area contributed by atoms with Crippen molar-refractivity contribution in [3.05, 3.63) is 137 Å². The van der Waals surface area contributed by atoms with E-state index in [1.807, 2.05) is 0 Å². The van der Waals surface area contributed by atoms with E-state index in [9.17, 15) is 17.6 Å². The van der Waals surface area contributed by atoms with Gasteiger partial charge in [0.2, 0.25) is 0 Å². The van der Waals surface area contributed by atoms with Crippen LogP contribution in [-0.2, 0) is 0 Å². The summed E-state index contributed by atoms with van der Waals surface area (Å²) in [7, 11) is 0. The molecule has 0 unspecified atom stereocenters. The second-order valence-corrected chi connectivity index (χ2v) is 7.10. The van der Waals surface area contributed by atoms with Gasteiger partial charge in [0.05, 0.1) is 0 Å². The molecule has 0 nitrogen and oxygen atoms in total. The summed E-state index contributed by atoms with van der Waals surface area (Å²) in [5.41, 5.74) is 0. The van der Waals surface area contributed by atoms with Crippen LogP contribution in [0.25, 0.3) is 0 Å². The van der Waals surface area contributed by atoms with Crippen molar-refractivity contribution in [1.29, 1.82) is 0 Å². The average molecular weight is 448 g/mol. The lowest BCUT2D eigenvalue weighted by atomic mass is 10.0. The summed E-state index contributed by atoms with van der Waals surface area (Å²) in [6.45, 7) is 0. The van der Waals surface area contributed by atoms with Crippen molar-refractivity contribution in [3.8, 4) is 0 Å². The van der Waals surface area contributed by atoms with Gasteiger partial charge in [-0.1, -0.05) is 48.5 Å². The van der Waals surface area contributed by atoms with Gasteiger partial charge in [-0.15, -0.1) is 0 Å². The molecule has 8 heteroatoms. The number of benzene rings is 4. The number of rotatable bonds is 0. The van der Waals surface area contributed by atoms with Gasteiger partial charge >= 0.3 is 0 Å². The predicted octanol–water partition coefficient (Wildman–Crippen LogP) is 6.26. The number of hydrogen-bond acceptors (Lipinski definition) is 0. The molecule has 0 heterocycles. The first-order chi connectivity index (χ1) is 15.3. The average Bonchev–Trinajstić information content (AvgIpc) is 2.80.